The third-order valence-electron chi connectivity index (χ3n) is 5.77. The number of hydrogen-bond acceptors (Lipinski definition) is 4. The molecular formula is C23H30FN3O3S. The summed E-state index contributed by atoms with van der Waals surface area (Å²) in [6.45, 7) is 3.66. The zero-order valence-electron chi connectivity index (χ0n) is 18.3. The summed E-state index contributed by atoms with van der Waals surface area (Å²) in [6.07, 6.45) is 0.963. The van der Waals surface area contributed by atoms with Crippen LogP contribution >= 0.6 is 0 Å². The highest BCUT2D eigenvalue weighted by atomic mass is 32.2. The number of sulfonamides is 1. The number of carbonyl (C=O) groups excluding carboxylic acids is 1. The van der Waals surface area contributed by atoms with E-state index in [0.717, 1.165) is 23.4 Å². The lowest BCUT2D eigenvalue weighted by Gasteiger charge is -2.33. The van der Waals surface area contributed by atoms with Gasteiger partial charge < -0.3 is 9.80 Å². The van der Waals surface area contributed by atoms with E-state index < -0.39 is 15.8 Å². The average Bonchev–Trinajstić information content (AvgIpc) is 2.77. The Morgan fingerprint density at radius 2 is 1.61 bits per heavy atom. The van der Waals surface area contributed by atoms with Crippen LogP contribution in [-0.4, -0.2) is 57.3 Å². The molecule has 2 aromatic carbocycles. The highest BCUT2D eigenvalue weighted by molar-refractivity contribution is 7.89. The molecule has 0 bridgehead atoms. The van der Waals surface area contributed by atoms with E-state index in [9.17, 15) is 17.6 Å². The van der Waals surface area contributed by atoms with Crippen LogP contribution < -0.4 is 4.90 Å². The van der Waals surface area contributed by atoms with Gasteiger partial charge >= 0.3 is 0 Å². The third-order valence-corrected chi connectivity index (χ3v) is 7.69. The predicted molar refractivity (Wildman–Crippen MR) is 120 cm³/mol. The minimum atomic E-state index is -3.68. The van der Waals surface area contributed by atoms with Crippen molar-refractivity contribution in [2.45, 2.75) is 31.2 Å². The van der Waals surface area contributed by atoms with Gasteiger partial charge in [0.15, 0.2) is 0 Å². The summed E-state index contributed by atoms with van der Waals surface area (Å²) in [5.74, 6) is -0.599. The lowest BCUT2D eigenvalue weighted by atomic mass is 9.96. The maximum Gasteiger partial charge on any atom is 0.243 e. The molecule has 0 saturated carbocycles. The van der Waals surface area contributed by atoms with E-state index in [2.05, 4.69) is 0 Å². The standard InChI is InChI=1S/C23H30FN3O3S/c1-4-26(17-18-5-9-21(10-6-18)25(2)3)23(28)19-13-15-27(16-14-19)31(29,30)22-11-7-20(24)8-12-22/h5-12,19H,4,13-17H2,1-3H3. The number of halogens is 1. The van der Waals surface area contributed by atoms with Crippen molar-refractivity contribution in [3.63, 3.8) is 0 Å². The van der Waals surface area contributed by atoms with Crippen molar-refractivity contribution < 1.29 is 17.6 Å². The first-order valence-corrected chi connectivity index (χ1v) is 12.0. The van der Waals surface area contributed by atoms with Gasteiger partial charge in [0.25, 0.3) is 0 Å². The number of nitrogens with zero attached hydrogens (tertiary/aromatic N) is 3. The quantitative estimate of drug-likeness (QED) is 0.653. The van der Waals surface area contributed by atoms with Crippen LogP contribution in [0, 0.1) is 11.7 Å². The van der Waals surface area contributed by atoms with E-state index in [4.69, 9.17) is 0 Å². The van der Waals surface area contributed by atoms with E-state index in [1.165, 1.54) is 16.4 Å². The van der Waals surface area contributed by atoms with Gasteiger partial charge in [-0.3, -0.25) is 4.79 Å². The summed E-state index contributed by atoms with van der Waals surface area (Å²) in [5, 5.41) is 0. The molecule has 0 aromatic heterocycles. The molecule has 0 atom stereocenters. The molecule has 0 N–H and O–H groups in total. The molecule has 1 aliphatic heterocycles. The smallest absolute Gasteiger partial charge is 0.243 e. The molecule has 6 nitrogen and oxygen atoms in total. The Balaban J connectivity index is 1.61. The summed E-state index contributed by atoms with van der Waals surface area (Å²) < 4.78 is 40.1. The van der Waals surface area contributed by atoms with Crippen LogP contribution in [0.15, 0.2) is 53.4 Å². The molecule has 1 heterocycles. The lowest BCUT2D eigenvalue weighted by Crippen LogP contribution is -2.44. The van der Waals surface area contributed by atoms with Crippen LogP contribution in [0.3, 0.4) is 0 Å². The molecule has 0 unspecified atom stereocenters. The second kappa shape index (κ2) is 9.78. The lowest BCUT2D eigenvalue weighted by molar-refractivity contribution is -0.137. The Kier molecular flexibility index (Phi) is 7.33. The first-order valence-electron chi connectivity index (χ1n) is 10.5. The SMILES string of the molecule is CCN(Cc1ccc(N(C)C)cc1)C(=O)C1CCN(S(=O)(=O)c2ccc(F)cc2)CC1. The van der Waals surface area contributed by atoms with Gasteiger partial charge in [-0.15, -0.1) is 0 Å². The van der Waals surface area contributed by atoms with Crippen molar-refractivity contribution >= 4 is 21.6 Å². The molecule has 1 saturated heterocycles. The van der Waals surface area contributed by atoms with Gasteiger partial charge in [-0.2, -0.15) is 4.31 Å². The van der Waals surface area contributed by atoms with Gasteiger partial charge in [0.1, 0.15) is 5.82 Å². The number of amides is 1. The number of rotatable bonds is 7. The van der Waals surface area contributed by atoms with Crippen LogP contribution in [0.2, 0.25) is 0 Å². The summed E-state index contributed by atoms with van der Waals surface area (Å²) >= 11 is 0. The fourth-order valence-corrected chi connectivity index (χ4v) is 5.29. The Bertz CT molecular complexity index is 984. The topological polar surface area (TPSA) is 60.9 Å². The zero-order chi connectivity index (χ0) is 22.6. The van der Waals surface area contributed by atoms with Crippen molar-refractivity contribution in [2.24, 2.45) is 5.92 Å². The molecule has 0 radical (unpaired) electrons. The molecule has 1 fully saturated rings. The van der Waals surface area contributed by atoms with Crippen LogP contribution in [0.4, 0.5) is 10.1 Å². The molecule has 0 spiro atoms. The monoisotopic (exact) mass is 447 g/mol. The maximum absolute atomic E-state index is 13.1. The molecule has 31 heavy (non-hydrogen) atoms. The Morgan fingerprint density at radius 1 is 1.03 bits per heavy atom. The van der Waals surface area contributed by atoms with Gasteiger partial charge in [0.2, 0.25) is 15.9 Å². The van der Waals surface area contributed by atoms with E-state index in [0.29, 0.717) is 25.9 Å². The molecule has 2 aromatic rings. The molecule has 3 rings (SSSR count). The number of benzene rings is 2. The summed E-state index contributed by atoms with van der Waals surface area (Å²) in [7, 11) is 0.296. The molecule has 1 amide bonds. The summed E-state index contributed by atoms with van der Waals surface area (Å²) in [6, 6.07) is 13.0. The van der Waals surface area contributed by atoms with E-state index in [1.54, 1.807) is 0 Å². The Labute approximate surface area is 184 Å². The predicted octanol–water partition coefficient (Wildman–Crippen LogP) is 3.34. The highest BCUT2D eigenvalue weighted by Crippen LogP contribution is 2.26. The fraction of sp³-hybridized carbons (Fsp3) is 0.435. The summed E-state index contributed by atoms with van der Waals surface area (Å²) in [4.78, 5) is 17.0. The first-order chi connectivity index (χ1) is 14.7. The zero-order valence-corrected chi connectivity index (χ0v) is 19.1. The molecular weight excluding hydrogens is 417 g/mol. The Hall–Kier alpha value is -2.45. The fourth-order valence-electron chi connectivity index (χ4n) is 3.82. The second-order valence-electron chi connectivity index (χ2n) is 8.05. The van der Waals surface area contributed by atoms with E-state index in [1.807, 2.05) is 55.1 Å². The molecule has 8 heteroatoms. The minimum Gasteiger partial charge on any atom is -0.378 e. The van der Waals surface area contributed by atoms with Crippen molar-refractivity contribution in [3.8, 4) is 0 Å². The van der Waals surface area contributed by atoms with Crippen LogP contribution in [0.5, 0.6) is 0 Å². The van der Waals surface area contributed by atoms with Crippen molar-refractivity contribution in [3.05, 3.63) is 59.9 Å². The van der Waals surface area contributed by atoms with Crippen LogP contribution in [-0.2, 0) is 21.4 Å². The second-order valence-corrected chi connectivity index (χ2v) is 9.98. The number of piperidine rings is 1. The average molecular weight is 448 g/mol. The third kappa shape index (κ3) is 5.43. The van der Waals surface area contributed by atoms with E-state index in [-0.39, 0.29) is 29.8 Å². The largest absolute Gasteiger partial charge is 0.378 e. The van der Waals surface area contributed by atoms with Gasteiger partial charge in [0.05, 0.1) is 4.90 Å². The van der Waals surface area contributed by atoms with Gasteiger partial charge in [-0.25, -0.2) is 12.8 Å². The van der Waals surface area contributed by atoms with Gasteiger partial charge in [-0.1, -0.05) is 12.1 Å². The maximum atomic E-state index is 13.1. The molecule has 0 aliphatic carbocycles. The molecule has 1 aliphatic rings. The number of hydrogen-bond donors (Lipinski definition) is 0. The van der Waals surface area contributed by atoms with E-state index >= 15 is 0 Å². The van der Waals surface area contributed by atoms with Gasteiger partial charge in [0, 0.05) is 51.9 Å². The number of anilines is 1. The molecule has 168 valence electrons. The number of carbonyl (C=O) groups is 1. The van der Waals surface area contributed by atoms with Crippen molar-refractivity contribution in [2.75, 3.05) is 38.6 Å². The Morgan fingerprint density at radius 3 is 2.13 bits per heavy atom. The van der Waals surface area contributed by atoms with Gasteiger partial charge in [-0.05, 0) is 61.7 Å². The van der Waals surface area contributed by atoms with Crippen molar-refractivity contribution in [1.82, 2.24) is 9.21 Å². The highest BCUT2D eigenvalue weighted by Gasteiger charge is 2.33. The van der Waals surface area contributed by atoms with Crippen LogP contribution in [0.1, 0.15) is 25.3 Å². The normalized spacial score (nSPS) is 15.6. The summed E-state index contributed by atoms with van der Waals surface area (Å²) in [5.41, 5.74) is 2.17. The minimum absolute atomic E-state index is 0.0676. The first kappa shape index (κ1) is 23.2. The van der Waals surface area contributed by atoms with Crippen LogP contribution in [0.25, 0.3) is 0 Å². The van der Waals surface area contributed by atoms with Crippen molar-refractivity contribution in [1.29, 1.82) is 0 Å².